The van der Waals surface area contributed by atoms with Gasteiger partial charge in [0.15, 0.2) is 5.82 Å². The normalized spacial score (nSPS) is 13.9. The lowest BCUT2D eigenvalue weighted by atomic mass is 10.3. The second-order valence-corrected chi connectivity index (χ2v) is 7.06. The molecule has 7 heteroatoms. The lowest BCUT2D eigenvalue weighted by molar-refractivity contribution is 0.0942. The molecule has 2 aromatic heterocycles. The number of carbonyl (C=O) groups is 1. The lowest BCUT2D eigenvalue weighted by Crippen LogP contribution is -2.26. The van der Waals surface area contributed by atoms with Gasteiger partial charge < -0.3 is 14.5 Å². The largest absolute Gasteiger partial charge is 0.343 e. The van der Waals surface area contributed by atoms with Crippen molar-refractivity contribution in [3.63, 3.8) is 0 Å². The van der Waals surface area contributed by atoms with E-state index in [9.17, 15) is 4.79 Å². The monoisotopic (exact) mass is 433 g/mol. The molecule has 0 unspecified atom stereocenters. The first-order valence-corrected chi connectivity index (χ1v) is 8.90. The van der Waals surface area contributed by atoms with Crippen LogP contribution in [-0.4, -0.2) is 25.2 Å². The van der Waals surface area contributed by atoms with E-state index in [1.54, 1.807) is 6.33 Å². The Morgan fingerprint density at radius 3 is 2.96 bits per heavy atom. The van der Waals surface area contributed by atoms with Crippen molar-refractivity contribution in [3.05, 3.63) is 64.0 Å². The van der Waals surface area contributed by atoms with Crippen LogP contribution in [-0.2, 0) is 6.54 Å². The first-order valence-electron chi connectivity index (χ1n) is 7.82. The fourth-order valence-electron chi connectivity index (χ4n) is 2.72. The number of hydrogen-bond donors (Lipinski definition) is 1. The van der Waals surface area contributed by atoms with E-state index in [0.29, 0.717) is 18.3 Å². The third kappa shape index (κ3) is 3.08. The van der Waals surface area contributed by atoms with Crippen LogP contribution < -0.4 is 5.32 Å². The van der Waals surface area contributed by atoms with Gasteiger partial charge in [-0.05, 0) is 65.8 Å². The Kier molecular flexibility index (Phi) is 4.09. The number of rotatable bonds is 5. The lowest BCUT2D eigenvalue weighted by Gasteiger charge is -2.10. The van der Waals surface area contributed by atoms with Crippen LogP contribution in [0.4, 0.5) is 0 Å². The fraction of sp³-hybridized carbons (Fsp3) is 0.235. The van der Waals surface area contributed by atoms with Gasteiger partial charge in [0.2, 0.25) is 0 Å². The molecular formula is C17H16IN5O. The number of nitrogens with one attached hydrogen (secondary N) is 1. The van der Waals surface area contributed by atoms with Gasteiger partial charge in [-0.2, -0.15) is 0 Å². The highest BCUT2D eigenvalue weighted by molar-refractivity contribution is 14.1. The van der Waals surface area contributed by atoms with Crippen molar-refractivity contribution in [1.82, 2.24) is 24.6 Å². The number of amides is 1. The van der Waals surface area contributed by atoms with Crippen molar-refractivity contribution >= 4 is 28.5 Å². The van der Waals surface area contributed by atoms with E-state index in [2.05, 4.69) is 42.7 Å². The van der Waals surface area contributed by atoms with Crippen molar-refractivity contribution in [3.8, 4) is 5.69 Å². The molecule has 1 N–H and O–H groups in total. The van der Waals surface area contributed by atoms with Crippen LogP contribution in [0.5, 0.6) is 0 Å². The molecule has 4 rings (SSSR count). The molecule has 0 saturated heterocycles. The molecule has 1 fully saturated rings. The minimum Gasteiger partial charge on any atom is -0.343 e. The van der Waals surface area contributed by atoms with Gasteiger partial charge >= 0.3 is 0 Å². The van der Waals surface area contributed by atoms with E-state index in [4.69, 9.17) is 0 Å². The summed E-state index contributed by atoms with van der Waals surface area (Å²) in [6.07, 6.45) is 5.96. The number of halogens is 1. The molecule has 122 valence electrons. The van der Waals surface area contributed by atoms with Crippen LogP contribution in [0.1, 0.15) is 35.2 Å². The Balaban J connectivity index is 1.51. The second-order valence-electron chi connectivity index (χ2n) is 5.81. The third-order valence-corrected chi connectivity index (χ3v) is 4.73. The van der Waals surface area contributed by atoms with Crippen LogP contribution in [0.2, 0.25) is 0 Å². The number of carbonyl (C=O) groups excluding carboxylic acids is 1. The minimum absolute atomic E-state index is 0.121. The van der Waals surface area contributed by atoms with Crippen LogP contribution in [0.15, 0.2) is 48.9 Å². The van der Waals surface area contributed by atoms with Gasteiger partial charge in [0.1, 0.15) is 12.0 Å². The van der Waals surface area contributed by atoms with Gasteiger partial charge in [-0.1, -0.05) is 6.07 Å². The van der Waals surface area contributed by atoms with Crippen LogP contribution in [0.3, 0.4) is 0 Å². The van der Waals surface area contributed by atoms with E-state index >= 15 is 0 Å². The zero-order valence-corrected chi connectivity index (χ0v) is 15.1. The molecule has 6 nitrogen and oxygen atoms in total. The maximum Gasteiger partial charge on any atom is 0.268 e. The average molecular weight is 433 g/mol. The Morgan fingerprint density at radius 2 is 2.17 bits per heavy atom. The van der Waals surface area contributed by atoms with E-state index in [1.165, 1.54) is 0 Å². The first kappa shape index (κ1) is 15.4. The number of aromatic nitrogens is 4. The van der Waals surface area contributed by atoms with Crippen LogP contribution in [0.25, 0.3) is 5.69 Å². The molecule has 2 heterocycles. The standard InChI is InChI=1S/C17H16IN5O/c18-12-3-1-4-14(9-12)22-8-2-5-15(22)17(24)19-10-16-21-20-11-23(16)13-6-7-13/h1-5,8-9,11,13H,6-7,10H2,(H,19,24). The molecule has 0 bridgehead atoms. The minimum atomic E-state index is -0.121. The van der Waals surface area contributed by atoms with Crippen LogP contribution in [0, 0.1) is 3.57 Å². The third-order valence-electron chi connectivity index (χ3n) is 4.06. The van der Waals surface area contributed by atoms with Gasteiger partial charge in [-0.3, -0.25) is 4.79 Å². The SMILES string of the molecule is O=C(NCc1nncn1C1CC1)c1cccn1-c1cccc(I)c1. The first-order chi connectivity index (χ1) is 11.7. The summed E-state index contributed by atoms with van der Waals surface area (Å²) in [6.45, 7) is 0.382. The van der Waals surface area contributed by atoms with Crippen LogP contribution >= 0.6 is 22.6 Å². The van der Waals surface area contributed by atoms with Gasteiger partial charge in [0.25, 0.3) is 5.91 Å². The Morgan fingerprint density at radius 1 is 1.29 bits per heavy atom. The van der Waals surface area contributed by atoms with Crippen molar-refractivity contribution in [1.29, 1.82) is 0 Å². The predicted molar refractivity (Wildman–Crippen MR) is 97.9 cm³/mol. The van der Waals surface area contributed by atoms with Crippen molar-refractivity contribution in [2.24, 2.45) is 0 Å². The fourth-order valence-corrected chi connectivity index (χ4v) is 3.24. The molecular weight excluding hydrogens is 417 g/mol. The highest BCUT2D eigenvalue weighted by Crippen LogP contribution is 2.35. The molecule has 1 saturated carbocycles. The molecule has 24 heavy (non-hydrogen) atoms. The van der Waals surface area contributed by atoms with Gasteiger partial charge in [0, 0.05) is 21.5 Å². The highest BCUT2D eigenvalue weighted by atomic mass is 127. The zero-order valence-electron chi connectivity index (χ0n) is 12.9. The van der Waals surface area contributed by atoms with E-state index < -0.39 is 0 Å². The molecule has 0 atom stereocenters. The molecule has 1 aliphatic rings. The molecule has 1 aliphatic carbocycles. The number of benzene rings is 1. The summed E-state index contributed by atoms with van der Waals surface area (Å²) in [6, 6.07) is 12.2. The predicted octanol–water partition coefficient (Wildman–Crippen LogP) is 2.94. The topological polar surface area (TPSA) is 64.7 Å². The van der Waals surface area contributed by atoms with Crippen molar-refractivity contribution < 1.29 is 4.79 Å². The van der Waals surface area contributed by atoms with E-state index in [1.807, 2.05) is 47.2 Å². The second kappa shape index (κ2) is 6.39. The van der Waals surface area contributed by atoms with E-state index in [-0.39, 0.29) is 5.91 Å². The van der Waals surface area contributed by atoms with Gasteiger partial charge in [-0.25, -0.2) is 0 Å². The van der Waals surface area contributed by atoms with Gasteiger partial charge in [0.05, 0.1) is 6.54 Å². The molecule has 1 amide bonds. The summed E-state index contributed by atoms with van der Waals surface area (Å²) in [5.74, 6) is 0.683. The van der Waals surface area contributed by atoms with Gasteiger partial charge in [-0.15, -0.1) is 10.2 Å². The number of nitrogens with zero attached hydrogens (tertiary/aromatic N) is 4. The molecule has 0 aliphatic heterocycles. The summed E-state index contributed by atoms with van der Waals surface area (Å²) < 4.78 is 5.07. The smallest absolute Gasteiger partial charge is 0.268 e. The molecule has 0 radical (unpaired) electrons. The molecule has 1 aromatic carbocycles. The Hall–Kier alpha value is -2.16. The molecule has 0 spiro atoms. The van der Waals surface area contributed by atoms with Crippen molar-refractivity contribution in [2.45, 2.75) is 25.4 Å². The summed E-state index contributed by atoms with van der Waals surface area (Å²) in [7, 11) is 0. The Labute approximate surface area is 153 Å². The van der Waals surface area contributed by atoms with Crippen molar-refractivity contribution in [2.75, 3.05) is 0 Å². The zero-order chi connectivity index (χ0) is 16.5. The summed E-state index contributed by atoms with van der Waals surface area (Å²) >= 11 is 2.27. The quantitative estimate of drug-likeness (QED) is 0.630. The highest BCUT2D eigenvalue weighted by Gasteiger charge is 2.26. The maximum atomic E-state index is 12.6. The van der Waals surface area contributed by atoms with E-state index in [0.717, 1.165) is 27.9 Å². The average Bonchev–Trinajstić information content (AvgIpc) is 3.12. The number of hydrogen-bond acceptors (Lipinski definition) is 3. The summed E-state index contributed by atoms with van der Waals surface area (Å²) in [4.78, 5) is 12.6. The molecule has 3 aromatic rings. The summed E-state index contributed by atoms with van der Waals surface area (Å²) in [5.41, 5.74) is 1.58. The maximum absolute atomic E-state index is 12.6. The Bertz CT molecular complexity index is 881. The summed E-state index contributed by atoms with van der Waals surface area (Å²) in [5, 5.41) is 11.0.